The normalized spacial score (nSPS) is 18.4. The Hall–Kier alpha value is -0.900. The summed E-state index contributed by atoms with van der Waals surface area (Å²) in [6, 6.07) is 0.689. The Labute approximate surface area is 84.1 Å². The first-order chi connectivity index (χ1) is 6.79. The van der Waals surface area contributed by atoms with Crippen molar-refractivity contribution in [2.75, 3.05) is 0 Å². The van der Waals surface area contributed by atoms with Gasteiger partial charge in [0.2, 0.25) is 5.89 Å². The number of nitrogens with zero attached hydrogens (tertiary/aromatic N) is 2. The molecule has 0 amide bonds. The third-order valence-electron chi connectivity index (χ3n) is 2.66. The smallest absolute Gasteiger partial charge is 0.240 e. The fraction of sp³-hybridized carbons (Fsp3) is 0.800. The van der Waals surface area contributed by atoms with Crippen molar-refractivity contribution in [2.45, 2.75) is 51.6 Å². The van der Waals surface area contributed by atoms with Gasteiger partial charge in [0.25, 0.3) is 0 Å². The van der Waals surface area contributed by atoms with Gasteiger partial charge in [-0.15, -0.1) is 0 Å². The summed E-state index contributed by atoms with van der Waals surface area (Å²) in [5.41, 5.74) is 0. The van der Waals surface area contributed by atoms with Crippen LogP contribution < -0.4 is 5.32 Å². The van der Waals surface area contributed by atoms with E-state index < -0.39 is 0 Å². The van der Waals surface area contributed by atoms with Gasteiger partial charge in [-0.2, -0.15) is 4.98 Å². The van der Waals surface area contributed by atoms with E-state index in [9.17, 15) is 0 Å². The van der Waals surface area contributed by atoms with Gasteiger partial charge in [0.15, 0.2) is 5.82 Å². The molecule has 1 fully saturated rings. The molecule has 0 saturated heterocycles. The predicted molar refractivity (Wildman–Crippen MR) is 52.9 cm³/mol. The predicted octanol–water partition coefficient (Wildman–Crippen LogP) is 1.84. The zero-order chi connectivity index (χ0) is 9.97. The van der Waals surface area contributed by atoms with Crippen molar-refractivity contribution in [2.24, 2.45) is 0 Å². The Morgan fingerprint density at radius 3 is 3.00 bits per heavy atom. The highest BCUT2D eigenvalue weighted by molar-refractivity contribution is 4.93. The highest BCUT2D eigenvalue weighted by atomic mass is 16.5. The molecule has 2 rings (SSSR count). The molecule has 1 aliphatic carbocycles. The van der Waals surface area contributed by atoms with E-state index >= 15 is 0 Å². The monoisotopic (exact) mass is 195 g/mol. The Morgan fingerprint density at radius 1 is 1.57 bits per heavy atom. The lowest BCUT2D eigenvalue weighted by molar-refractivity contribution is 0.360. The lowest BCUT2D eigenvalue weighted by Crippen LogP contribution is -2.15. The van der Waals surface area contributed by atoms with Crippen molar-refractivity contribution < 1.29 is 4.52 Å². The van der Waals surface area contributed by atoms with Crippen LogP contribution >= 0.6 is 0 Å². The van der Waals surface area contributed by atoms with Crippen LogP contribution in [0.25, 0.3) is 0 Å². The summed E-state index contributed by atoms with van der Waals surface area (Å²) in [5, 5.41) is 7.31. The van der Waals surface area contributed by atoms with Crippen molar-refractivity contribution in [3.63, 3.8) is 0 Å². The molecule has 1 aromatic rings. The van der Waals surface area contributed by atoms with Gasteiger partial charge in [0.1, 0.15) is 0 Å². The average molecular weight is 195 g/mol. The summed E-state index contributed by atoms with van der Waals surface area (Å²) in [4.78, 5) is 4.34. The average Bonchev–Trinajstić information content (AvgIpc) is 2.92. The lowest BCUT2D eigenvalue weighted by Gasteiger charge is -1.99. The molecule has 1 atom stereocenters. The van der Waals surface area contributed by atoms with E-state index in [0.717, 1.165) is 12.2 Å². The van der Waals surface area contributed by atoms with Gasteiger partial charge >= 0.3 is 0 Å². The number of hydrogen-bond acceptors (Lipinski definition) is 4. The minimum atomic E-state index is 0.397. The Kier molecular flexibility index (Phi) is 2.82. The molecule has 0 spiro atoms. The molecule has 1 saturated carbocycles. The van der Waals surface area contributed by atoms with Gasteiger partial charge in [0, 0.05) is 12.0 Å². The maximum absolute atomic E-state index is 5.14. The molecule has 4 heteroatoms. The Bertz CT molecular complexity index is 293. The number of hydrogen-bond donors (Lipinski definition) is 1. The Morgan fingerprint density at radius 2 is 2.36 bits per heavy atom. The first kappa shape index (κ1) is 9.65. The number of aromatic nitrogens is 2. The van der Waals surface area contributed by atoms with Gasteiger partial charge in [-0.05, 0) is 19.3 Å². The fourth-order valence-corrected chi connectivity index (χ4v) is 1.24. The van der Waals surface area contributed by atoms with Gasteiger partial charge in [-0.3, -0.25) is 0 Å². The number of nitrogens with one attached hydrogen (secondary N) is 1. The van der Waals surface area contributed by atoms with Gasteiger partial charge in [0.05, 0.1) is 6.54 Å². The Balaban J connectivity index is 1.87. The van der Waals surface area contributed by atoms with E-state index in [1.165, 1.54) is 12.8 Å². The van der Waals surface area contributed by atoms with Crippen molar-refractivity contribution in [3.8, 4) is 0 Å². The summed E-state index contributed by atoms with van der Waals surface area (Å²) < 4.78 is 5.14. The second-order valence-corrected chi connectivity index (χ2v) is 4.01. The second kappa shape index (κ2) is 4.09. The van der Waals surface area contributed by atoms with Crippen molar-refractivity contribution in [3.05, 3.63) is 11.7 Å². The van der Waals surface area contributed by atoms with E-state index in [1.54, 1.807) is 0 Å². The summed E-state index contributed by atoms with van der Waals surface area (Å²) in [6.45, 7) is 4.96. The van der Waals surface area contributed by atoms with Crippen LogP contribution in [-0.2, 0) is 6.54 Å². The van der Waals surface area contributed by atoms with Crippen molar-refractivity contribution in [1.82, 2.24) is 15.5 Å². The molecule has 0 aliphatic heterocycles. The summed E-state index contributed by atoms with van der Waals surface area (Å²) in [5.74, 6) is 1.95. The van der Waals surface area contributed by atoms with Crippen LogP contribution in [0.15, 0.2) is 4.52 Å². The van der Waals surface area contributed by atoms with E-state index in [0.29, 0.717) is 24.4 Å². The molecule has 0 bridgehead atoms. The molecule has 4 nitrogen and oxygen atoms in total. The van der Waals surface area contributed by atoms with Crippen LogP contribution in [0.4, 0.5) is 0 Å². The minimum absolute atomic E-state index is 0.397. The van der Waals surface area contributed by atoms with Crippen LogP contribution in [0.3, 0.4) is 0 Å². The first-order valence-electron chi connectivity index (χ1n) is 5.35. The number of rotatable bonds is 5. The molecule has 1 aliphatic rings. The van der Waals surface area contributed by atoms with Crippen LogP contribution in [-0.4, -0.2) is 16.2 Å². The molecular weight excluding hydrogens is 178 g/mol. The zero-order valence-electron chi connectivity index (χ0n) is 8.79. The molecule has 1 heterocycles. The molecule has 0 radical (unpaired) electrons. The summed E-state index contributed by atoms with van der Waals surface area (Å²) in [6.07, 6.45) is 3.62. The fourth-order valence-electron chi connectivity index (χ4n) is 1.24. The molecule has 78 valence electrons. The topological polar surface area (TPSA) is 51.0 Å². The summed E-state index contributed by atoms with van der Waals surface area (Å²) in [7, 11) is 0. The summed E-state index contributed by atoms with van der Waals surface area (Å²) >= 11 is 0. The van der Waals surface area contributed by atoms with Crippen molar-refractivity contribution >= 4 is 0 Å². The standard InChI is InChI=1S/C10H17N3O/c1-3-7(2)10-12-9(14-13-10)6-11-8-4-5-8/h7-8,11H,3-6H2,1-2H3. The molecule has 1 N–H and O–H groups in total. The molecule has 1 aromatic heterocycles. The second-order valence-electron chi connectivity index (χ2n) is 4.01. The molecular formula is C10H17N3O. The highest BCUT2D eigenvalue weighted by Crippen LogP contribution is 2.19. The van der Waals surface area contributed by atoms with Crippen molar-refractivity contribution in [1.29, 1.82) is 0 Å². The van der Waals surface area contributed by atoms with Crippen LogP contribution in [0.1, 0.15) is 50.7 Å². The maximum atomic E-state index is 5.14. The van der Waals surface area contributed by atoms with Gasteiger partial charge in [-0.25, -0.2) is 0 Å². The lowest BCUT2D eigenvalue weighted by atomic mass is 10.1. The third kappa shape index (κ3) is 2.32. The minimum Gasteiger partial charge on any atom is -0.338 e. The molecule has 1 unspecified atom stereocenters. The van der Waals surface area contributed by atoms with E-state index in [4.69, 9.17) is 4.52 Å². The maximum Gasteiger partial charge on any atom is 0.240 e. The highest BCUT2D eigenvalue weighted by Gasteiger charge is 2.21. The van der Waals surface area contributed by atoms with E-state index in [-0.39, 0.29) is 0 Å². The van der Waals surface area contributed by atoms with E-state index in [2.05, 4.69) is 29.3 Å². The first-order valence-corrected chi connectivity index (χ1v) is 5.35. The van der Waals surface area contributed by atoms with Gasteiger partial charge in [-0.1, -0.05) is 19.0 Å². The van der Waals surface area contributed by atoms with E-state index in [1.807, 2.05) is 0 Å². The van der Waals surface area contributed by atoms with Crippen LogP contribution in [0.5, 0.6) is 0 Å². The quantitative estimate of drug-likeness (QED) is 0.778. The SMILES string of the molecule is CCC(C)c1noc(CNC2CC2)n1. The van der Waals surface area contributed by atoms with Gasteiger partial charge < -0.3 is 9.84 Å². The largest absolute Gasteiger partial charge is 0.338 e. The third-order valence-corrected chi connectivity index (χ3v) is 2.66. The molecule has 0 aromatic carbocycles. The molecule has 14 heavy (non-hydrogen) atoms. The zero-order valence-corrected chi connectivity index (χ0v) is 8.79. The van der Waals surface area contributed by atoms with Crippen LogP contribution in [0.2, 0.25) is 0 Å². The van der Waals surface area contributed by atoms with Crippen LogP contribution in [0, 0.1) is 0 Å².